The Balaban J connectivity index is 1.41. The van der Waals surface area contributed by atoms with Crippen LogP contribution in [-0.2, 0) is 4.79 Å². The Bertz CT molecular complexity index is 1040. The Morgan fingerprint density at radius 3 is 2.71 bits per heavy atom. The van der Waals surface area contributed by atoms with Gasteiger partial charge in [0.1, 0.15) is 11.6 Å². The quantitative estimate of drug-likeness (QED) is 0.545. The van der Waals surface area contributed by atoms with Crippen LogP contribution in [0.1, 0.15) is 18.6 Å². The maximum atomic E-state index is 12.4. The molecule has 1 saturated heterocycles. The van der Waals surface area contributed by atoms with E-state index >= 15 is 0 Å². The molecule has 1 N–H and O–H groups in total. The van der Waals surface area contributed by atoms with E-state index in [4.69, 9.17) is 4.52 Å². The van der Waals surface area contributed by atoms with Gasteiger partial charge in [-0.05, 0) is 38.0 Å². The van der Waals surface area contributed by atoms with Crippen LogP contribution in [0.4, 0.5) is 17.3 Å². The van der Waals surface area contributed by atoms with Crippen molar-refractivity contribution < 1.29 is 14.2 Å². The van der Waals surface area contributed by atoms with Gasteiger partial charge in [0, 0.05) is 42.6 Å². The molecule has 3 heterocycles. The Morgan fingerprint density at radius 1 is 1.25 bits per heavy atom. The molecule has 1 aliphatic rings. The van der Waals surface area contributed by atoms with Gasteiger partial charge >= 0.3 is 0 Å². The number of nitro benzene ring substituents is 1. The van der Waals surface area contributed by atoms with Crippen molar-refractivity contribution in [3.05, 3.63) is 52.3 Å². The van der Waals surface area contributed by atoms with Crippen molar-refractivity contribution >= 4 is 34.1 Å². The van der Waals surface area contributed by atoms with Crippen molar-refractivity contribution in [1.29, 1.82) is 0 Å². The zero-order chi connectivity index (χ0) is 19.7. The summed E-state index contributed by atoms with van der Waals surface area (Å²) in [6.45, 7) is 3.19. The minimum atomic E-state index is -0.413. The lowest BCUT2D eigenvalue weighted by molar-refractivity contribution is -0.384. The van der Waals surface area contributed by atoms with E-state index in [1.165, 1.54) is 12.1 Å². The number of rotatable bonds is 4. The summed E-state index contributed by atoms with van der Waals surface area (Å²) in [7, 11) is 0. The monoisotopic (exact) mass is 381 g/mol. The minimum absolute atomic E-state index is 0.0493. The number of anilines is 2. The van der Waals surface area contributed by atoms with Gasteiger partial charge in [-0.25, -0.2) is 4.98 Å². The van der Waals surface area contributed by atoms with Crippen molar-refractivity contribution in [2.75, 3.05) is 23.3 Å². The Morgan fingerprint density at radius 2 is 2.04 bits per heavy atom. The van der Waals surface area contributed by atoms with Crippen LogP contribution < -0.4 is 10.2 Å². The van der Waals surface area contributed by atoms with Crippen LogP contribution in [0.25, 0.3) is 10.9 Å². The summed E-state index contributed by atoms with van der Waals surface area (Å²) in [6, 6.07) is 10.0. The molecule has 0 atom stereocenters. The Labute approximate surface area is 160 Å². The molecule has 9 heteroatoms. The van der Waals surface area contributed by atoms with E-state index in [1.54, 1.807) is 19.1 Å². The van der Waals surface area contributed by atoms with Crippen molar-refractivity contribution in [3.63, 3.8) is 0 Å². The molecular weight excluding hydrogens is 362 g/mol. The van der Waals surface area contributed by atoms with Gasteiger partial charge in [0.05, 0.1) is 10.4 Å². The number of hydrogen-bond donors (Lipinski definition) is 1. The average molecular weight is 381 g/mol. The largest absolute Gasteiger partial charge is 0.360 e. The third-order valence-electron chi connectivity index (χ3n) is 4.94. The van der Waals surface area contributed by atoms with Crippen molar-refractivity contribution in [1.82, 2.24) is 10.1 Å². The van der Waals surface area contributed by atoms with E-state index < -0.39 is 4.92 Å². The molecule has 3 aromatic rings. The van der Waals surface area contributed by atoms with E-state index in [0.29, 0.717) is 43.0 Å². The van der Waals surface area contributed by atoms with Crippen LogP contribution in [0.2, 0.25) is 0 Å². The predicted molar refractivity (Wildman–Crippen MR) is 103 cm³/mol. The highest BCUT2D eigenvalue weighted by Crippen LogP contribution is 2.26. The molecule has 1 fully saturated rings. The molecule has 0 saturated carbocycles. The van der Waals surface area contributed by atoms with Crippen LogP contribution in [0.15, 0.2) is 40.9 Å². The number of carbonyl (C=O) groups is 1. The number of piperidine rings is 1. The number of hydrogen-bond acceptors (Lipinski definition) is 7. The number of non-ortho nitro benzene ring substituents is 1. The summed E-state index contributed by atoms with van der Waals surface area (Å²) in [5.74, 6) is 1.77. The van der Waals surface area contributed by atoms with Gasteiger partial charge in [0.15, 0.2) is 5.82 Å². The number of amides is 1. The Hall–Kier alpha value is -3.49. The number of nitrogens with one attached hydrogen (secondary N) is 1. The molecule has 4 rings (SSSR count). The number of fused-ring (bicyclic) bond motifs is 1. The van der Waals surface area contributed by atoms with Crippen LogP contribution in [0.5, 0.6) is 0 Å². The van der Waals surface area contributed by atoms with E-state index in [2.05, 4.69) is 20.4 Å². The zero-order valence-electron chi connectivity index (χ0n) is 15.3. The van der Waals surface area contributed by atoms with Gasteiger partial charge in [-0.2, -0.15) is 0 Å². The third kappa shape index (κ3) is 3.64. The maximum Gasteiger partial charge on any atom is 0.270 e. The zero-order valence-corrected chi connectivity index (χ0v) is 15.3. The van der Waals surface area contributed by atoms with E-state index in [-0.39, 0.29) is 17.5 Å². The summed E-state index contributed by atoms with van der Waals surface area (Å²) in [6.07, 6.45) is 1.42. The molecular formula is C19H19N5O4. The first-order valence-electron chi connectivity index (χ1n) is 9.04. The van der Waals surface area contributed by atoms with Crippen molar-refractivity contribution in [2.24, 2.45) is 5.92 Å². The van der Waals surface area contributed by atoms with Gasteiger partial charge in [0.25, 0.3) is 5.69 Å². The molecule has 0 radical (unpaired) electrons. The number of nitro groups is 1. The summed E-state index contributed by atoms with van der Waals surface area (Å²) < 4.78 is 4.96. The summed E-state index contributed by atoms with van der Waals surface area (Å²) >= 11 is 0. The fourth-order valence-corrected chi connectivity index (χ4v) is 3.42. The first-order valence-corrected chi connectivity index (χ1v) is 9.04. The van der Waals surface area contributed by atoms with Crippen LogP contribution in [0, 0.1) is 23.0 Å². The van der Waals surface area contributed by atoms with Crippen LogP contribution in [-0.4, -0.2) is 34.1 Å². The third-order valence-corrected chi connectivity index (χ3v) is 4.94. The highest BCUT2D eigenvalue weighted by atomic mass is 16.6. The van der Waals surface area contributed by atoms with Crippen LogP contribution in [0.3, 0.4) is 0 Å². The van der Waals surface area contributed by atoms with E-state index in [9.17, 15) is 14.9 Å². The van der Waals surface area contributed by atoms with Gasteiger partial charge in [0.2, 0.25) is 5.91 Å². The topological polar surface area (TPSA) is 114 Å². The molecule has 2 aromatic heterocycles. The number of pyridine rings is 1. The molecule has 0 aliphatic carbocycles. The van der Waals surface area contributed by atoms with Gasteiger partial charge in [-0.3, -0.25) is 14.9 Å². The number of benzene rings is 1. The number of aryl methyl sites for hydroxylation is 1. The first-order chi connectivity index (χ1) is 13.5. The predicted octanol–water partition coefficient (Wildman–Crippen LogP) is 3.29. The lowest BCUT2D eigenvalue weighted by atomic mass is 9.96. The summed E-state index contributed by atoms with van der Waals surface area (Å²) in [5, 5.41) is 18.2. The van der Waals surface area contributed by atoms with Crippen molar-refractivity contribution in [2.45, 2.75) is 19.8 Å². The molecule has 28 heavy (non-hydrogen) atoms. The standard InChI is InChI=1S/C19H19N5O4/c1-12-10-17(22-28-12)21-19(25)13-6-8-23(9-7-13)18-5-2-14-11-15(24(26)27)3-4-16(14)20-18/h2-5,10-11,13H,6-9H2,1H3,(H,21,22,25). The van der Waals surface area contributed by atoms with Crippen LogP contribution >= 0.6 is 0 Å². The van der Waals surface area contributed by atoms with Crippen molar-refractivity contribution in [3.8, 4) is 0 Å². The van der Waals surface area contributed by atoms with Gasteiger partial charge < -0.3 is 14.7 Å². The molecule has 144 valence electrons. The SMILES string of the molecule is Cc1cc(NC(=O)C2CCN(c3ccc4cc([N+](=O)[O-])ccc4n3)CC2)no1. The maximum absolute atomic E-state index is 12.4. The van der Waals surface area contributed by atoms with E-state index in [1.807, 2.05) is 12.1 Å². The normalized spacial score (nSPS) is 15.0. The number of nitrogens with zero attached hydrogens (tertiary/aromatic N) is 4. The molecule has 0 spiro atoms. The first kappa shape index (κ1) is 17.9. The second-order valence-corrected chi connectivity index (χ2v) is 6.88. The number of aromatic nitrogens is 2. The molecule has 1 aliphatic heterocycles. The molecule has 0 unspecified atom stereocenters. The number of carbonyl (C=O) groups excluding carboxylic acids is 1. The van der Waals surface area contributed by atoms with E-state index in [0.717, 1.165) is 11.2 Å². The summed E-state index contributed by atoms with van der Waals surface area (Å²) in [5.41, 5.74) is 0.764. The smallest absolute Gasteiger partial charge is 0.270 e. The molecule has 1 amide bonds. The molecule has 9 nitrogen and oxygen atoms in total. The van der Waals surface area contributed by atoms with Gasteiger partial charge in [-0.15, -0.1) is 0 Å². The Kier molecular flexibility index (Phi) is 4.64. The molecule has 0 bridgehead atoms. The summed E-state index contributed by atoms with van der Waals surface area (Å²) in [4.78, 5) is 29.6. The van der Waals surface area contributed by atoms with Gasteiger partial charge in [-0.1, -0.05) is 5.16 Å². The lowest BCUT2D eigenvalue weighted by Crippen LogP contribution is -2.38. The second-order valence-electron chi connectivity index (χ2n) is 6.88. The fraction of sp³-hybridized carbons (Fsp3) is 0.316. The second kappa shape index (κ2) is 7.26. The average Bonchev–Trinajstić information content (AvgIpc) is 3.11. The highest BCUT2D eigenvalue weighted by Gasteiger charge is 2.26. The lowest BCUT2D eigenvalue weighted by Gasteiger charge is -2.32. The molecule has 1 aromatic carbocycles. The highest BCUT2D eigenvalue weighted by molar-refractivity contribution is 5.91. The fourth-order valence-electron chi connectivity index (χ4n) is 3.42. The minimum Gasteiger partial charge on any atom is -0.360 e.